The maximum atomic E-state index is 12.4. The molecule has 1 aromatic rings. The summed E-state index contributed by atoms with van der Waals surface area (Å²) in [5, 5.41) is 3.13. The molecule has 0 spiro atoms. The standard InChI is InChI=1S/C17H28N2O/c1-6-12-17(5,18)15(20)19-14(16(2,3)4)13-10-8-7-9-11-13/h7-11,14H,6,12,18H2,1-5H3,(H,19,20). The molecule has 3 nitrogen and oxygen atoms in total. The average molecular weight is 276 g/mol. The third-order valence-corrected chi connectivity index (χ3v) is 3.56. The number of nitrogens with two attached hydrogens (primary N) is 1. The number of hydrogen-bond acceptors (Lipinski definition) is 2. The summed E-state index contributed by atoms with van der Waals surface area (Å²) in [6, 6.07) is 10.0. The van der Waals surface area contributed by atoms with E-state index in [0.717, 1.165) is 12.0 Å². The Hall–Kier alpha value is -1.35. The van der Waals surface area contributed by atoms with Gasteiger partial charge < -0.3 is 11.1 Å². The Kier molecular flexibility index (Phi) is 5.35. The van der Waals surface area contributed by atoms with Gasteiger partial charge in [0.1, 0.15) is 0 Å². The largest absolute Gasteiger partial charge is 0.347 e. The van der Waals surface area contributed by atoms with Crippen LogP contribution in [0.15, 0.2) is 30.3 Å². The van der Waals surface area contributed by atoms with E-state index in [2.05, 4.69) is 26.1 Å². The summed E-state index contributed by atoms with van der Waals surface area (Å²) in [4.78, 5) is 12.4. The molecule has 1 aromatic carbocycles. The molecule has 0 aliphatic heterocycles. The highest BCUT2D eigenvalue weighted by Crippen LogP contribution is 2.33. The second-order valence-corrected chi connectivity index (χ2v) is 6.85. The molecule has 1 amide bonds. The molecule has 0 aliphatic rings. The van der Waals surface area contributed by atoms with E-state index in [-0.39, 0.29) is 17.4 Å². The molecule has 3 N–H and O–H groups in total. The Labute approximate surface area is 122 Å². The Bertz CT molecular complexity index is 432. The van der Waals surface area contributed by atoms with Crippen LogP contribution in [-0.2, 0) is 4.79 Å². The summed E-state index contributed by atoms with van der Waals surface area (Å²) < 4.78 is 0. The van der Waals surface area contributed by atoms with Gasteiger partial charge in [0.25, 0.3) is 0 Å². The van der Waals surface area contributed by atoms with Gasteiger partial charge in [0.05, 0.1) is 11.6 Å². The maximum Gasteiger partial charge on any atom is 0.240 e. The fourth-order valence-corrected chi connectivity index (χ4v) is 2.37. The fraction of sp³-hybridized carbons (Fsp3) is 0.588. The number of benzene rings is 1. The summed E-state index contributed by atoms with van der Waals surface area (Å²) in [7, 11) is 0. The molecule has 20 heavy (non-hydrogen) atoms. The van der Waals surface area contributed by atoms with Gasteiger partial charge in [-0.3, -0.25) is 4.79 Å². The average Bonchev–Trinajstić information content (AvgIpc) is 2.35. The molecule has 1 rings (SSSR count). The lowest BCUT2D eigenvalue weighted by Gasteiger charge is -2.35. The van der Waals surface area contributed by atoms with Gasteiger partial charge in [0, 0.05) is 0 Å². The van der Waals surface area contributed by atoms with Gasteiger partial charge in [0.15, 0.2) is 0 Å². The van der Waals surface area contributed by atoms with E-state index in [0.29, 0.717) is 6.42 Å². The number of amides is 1. The maximum absolute atomic E-state index is 12.4. The molecule has 0 heterocycles. The molecule has 0 aliphatic carbocycles. The molecule has 0 bridgehead atoms. The summed E-state index contributed by atoms with van der Waals surface area (Å²) in [6.45, 7) is 10.2. The van der Waals surface area contributed by atoms with Crippen LogP contribution in [0, 0.1) is 5.41 Å². The molecule has 2 unspecified atom stereocenters. The highest BCUT2D eigenvalue weighted by atomic mass is 16.2. The van der Waals surface area contributed by atoms with Crippen LogP contribution in [0.4, 0.5) is 0 Å². The third kappa shape index (κ3) is 4.34. The van der Waals surface area contributed by atoms with Crippen molar-refractivity contribution in [1.29, 1.82) is 0 Å². The minimum absolute atomic E-state index is 0.0454. The first-order chi connectivity index (χ1) is 9.18. The minimum Gasteiger partial charge on any atom is -0.347 e. The van der Waals surface area contributed by atoms with Crippen LogP contribution < -0.4 is 11.1 Å². The monoisotopic (exact) mass is 276 g/mol. The van der Waals surface area contributed by atoms with Crippen molar-refractivity contribution in [1.82, 2.24) is 5.32 Å². The van der Waals surface area contributed by atoms with Gasteiger partial charge in [0.2, 0.25) is 5.91 Å². The van der Waals surface area contributed by atoms with Crippen LogP contribution in [0.1, 0.15) is 59.1 Å². The van der Waals surface area contributed by atoms with Crippen molar-refractivity contribution < 1.29 is 4.79 Å². The molecule has 0 saturated carbocycles. The van der Waals surface area contributed by atoms with Crippen molar-refractivity contribution in [3.8, 4) is 0 Å². The summed E-state index contributed by atoms with van der Waals surface area (Å²) >= 11 is 0. The molecular formula is C17H28N2O. The van der Waals surface area contributed by atoms with Gasteiger partial charge in [-0.05, 0) is 24.3 Å². The van der Waals surface area contributed by atoms with Crippen molar-refractivity contribution in [2.75, 3.05) is 0 Å². The zero-order chi connectivity index (χ0) is 15.4. The van der Waals surface area contributed by atoms with Crippen LogP contribution in [0.3, 0.4) is 0 Å². The lowest BCUT2D eigenvalue weighted by Crippen LogP contribution is -2.53. The molecule has 0 aromatic heterocycles. The number of carbonyl (C=O) groups excluding carboxylic acids is 1. The SMILES string of the molecule is CCCC(C)(N)C(=O)NC(c1ccccc1)C(C)(C)C. The Morgan fingerprint density at radius 1 is 1.20 bits per heavy atom. The van der Waals surface area contributed by atoms with Crippen molar-refractivity contribution in [2.45, 2.75) is 59.0 Å². The zero-order valence-corrected chi connectivity index (χ0v) is 13.4. The Morgan fingerprint density at radius 2 is 1.75 bits per heavy atom. The molecule has 0 radical (unpaired) electrons. The smallest absolute Gasteiger partial charge is 0.240 e. The van der Waals surface area contributed by atoms with E-state index in [1.165, 1.54) is 0 Å². The van der Waals surface area contributed by atoms with Gasteiger partial charge >= 0.3 is 0 Å². The van der Waals surface area contributed by atoms with E-state index >= 15 is 0 Å². The molecular weight excluding hydrogens is 248 g/mol. The first kappa shape index (κ1) is 16.7. The van der Waals surface area contributed by atoms with E-state index in [9.17, 15) is 4.79 Å². The van der Waals surface area contributed by atoms with Crippen LogP contribution >= 0.6 is 0 Å². The number of rotatable bonds is 5. The molecule has 2 atom stereocenters. The highest BCUT2D eigenvalue weighted by Gasteiger charge is 2.33. The summed E-state index contributed by atoms with van der Waals surface area (Å²) in [5.74, 6) is -0.0804. The van der Waals surface area contributed by atoms with Gasteiger partial charge in [-0.1, -0.05) is 64.4 Å². The Morgan fingerprint density at radius 3 is 2.20 bits per heavy atom. The topological polar surface area (TPSA) is 55.1 Å². The predicted molar refractivity (Wildman–Crippen MR) is 84.3 cm³/mol. The van der Waals surface area contributed by atoms with E-state index < -0.39 is 5.54 Å². The van der Waals surface area contributed by atoms with Crippen molar-refractivity contribution in [3.05, 3.63) is 35.9 Å². The second-order valence-electron chi connectivity index (χ2n) is 6.85. The van der Waals surface area contributed by atoms with Gasteiger partial charge in [-0.2, -0.15) is 0 Å². The number of carbonyl (C=O) groups is 1. The lowest BCUT2D eigenvalue weighted by atomic mass is 9.81. The highest BCUT2D eigenvalue weighted by molar-refractivity contribution is 5.86. The van der Waals surface area contributed by atoms with Crippen LogP contribution in [-0.4, -0.2) is 11.4 Å². The van der Waals surface area contributed by atoms with Gasteiger partial charge in [-0.15, -0.1) is 0 Å². The lowest BCUT2D eigenvalue weighted by molar-refractivity contribution is -0.127. The number of nitrogens with one attached hydrogen (secondary N) is 1. The van der Waals surface area contributed by atoms with Crippen molar-refractivity contribution >= 4 is 5.91 Å². The fourth-order valence-electron chi connectivity index (χ4n) is 2.37. The second kappa shape index (κ2) is 6.40. The minimum atomic E-state index is -0.812. The van der Waals surface area contributed by atoms with E-state index in [1.54, 1.807) is 6.92 Å². The molecule has 0 saturated heterocycles. The number of hydrogen-bond donors (Lipinski definition) is 2. The first-order valence-corrected chi connectivity index (χ1v) is 7.33. The van der Waals surface area contributed by atoms with E-state index in [1.807, 2.05) is 37.3 Å². The first-order valence-electron chi connectivity index (χ1n) is 7.33. The quantitative estimate of drug-likeness (QED) is 0.866. The zero-order valence-electron chi connectivity index (χ0n) is 13.4. The summed E-state index contributed by atoms with van der Waals surface area (Å²) in [6.07, 6.45) is 1.58. The molecule has 0 fully saturated rings. The summed E-state index contributed by atoms with van der Waals surface area (Å²) in [5.41, 5.74) is 6.36. The molecule has 112 valence electrons. The Balaban J connectivity index is 2.96. The van der Waals surface area contributed by atoms with Gasteiger partial charge in [-0.25, -0.2) is 0 Å². The van der Waals surface area contributed by atoms with Crippen molar-refractivity contribution in [3.63, 3.8) is 0 Å². The normalized spacial score (nSPS) is 16.3. The molecule has 3 heteroatoms. The van der Waals surface area contributed by atoms with E-state index in [4.69, 9.17) is 5.73 Å². The van der Waals surface area contributed by atoms with Crippen LogP contribution in [0.5, 0.6) is 0 Å². The van der Waals surface area contributed by atoms with Crippen LogP contribution in [0.2, 0.25) is 0 Å². The predicted octanol–water partition coefficient (Wildman–Crippen LogP) is 3.41. The third-order valence-electron chi connectivity index (χ3n) is 3.56. The van der Waals surface area contributed by atoms with Crippen molar-refractivity contribution in [2.24, 2.45) is 11.1 Å². The van der Waals surface area contributed by atoms with Crippen LogP contribution in [0.25, 0.3) is 0 Å².